The fraction of sp³-hybridized carbons (Fsp3) is 0.250. The third-order valence-corrected chi connectivity index (χ3v) is 5.81. The molecular weight excluding hydrogens is 398 g/mol. The molecule has 146 valence electrons. The summed E-state index contributed by atoms with van der Waals surface area (Å²) >= 11 is 6.11. The van der Waals surface area contributed by atoms with Gasteiger partial charge in [0.2, 0.25) is 0 Å². The van der Waals surface area contributed by atoms with Gasteiger partial charge in [-0.2, -0.15) is 0 Å². The minimum atomic E-state index is -3.41. The zero-order valence-corrected chi connectivity index (χ0v) is 17.4. The van der Waals surface area contributed by atoms with E-state index in [2.05, 4.69) is 15.3 Å². The van der Waals surface area contributed by atoms with Crippen molar-refractivity contribution >= 4 is 44.1 Å². The number of nitrogens with zero attached hydrogens (tertiary/aromatic N) is 2. The molecular formula is C20H20ClN3O3S. The summed E-state index contributed by atoms with van der Waals surface area (Å²) in [5.74, 6) is -0.408. The van der Waals surface area contributed by atoms with Gasteiger partial charge in [0.15, 0.2) is 9.84 Å². The molecule has 1 heterocycles. The van der Waals surface area contributed by atoms with Crippen LogP contribution in [0.4, 0.5) is 5.69 Å². The van der Waals surface area contributed by atoms with Gasteiger partial charge in [0.1, 0.15) is 0 Å². The van der Waals surface area contributed by atoms with Crippen LogP contribution in [0.5, 0.6) is 0 Å². The first-order valence-corrected chi connectivity index (χ1v) is 11.1. The van der Waals surface area contributed by atoms with E-state index < -0.39 is 15.7 Å². The van der Waals surface area contributed by atoms with Gasteiger partial charge >= 0.3 is 0 Å². The SMILES string of the molecule is CCc1nc2ccc(C(=O)Nc3cc(S(C)(=O)=O)ccc3Cl)cc2nc1CC. The van der Waals surface area contributed by atoms with E-state index in [0.717, 1.165) is 36.0 Å². The van der Waals surface area contributed by atoms with Crippen LogP contribution in [0.3, 0.4) is 0 Å². The van der Waals surface area contributed by atoms with Crippen molar-refractivity contribution in [1.29, 1.82) is 0 Å². The summed E-state index contributed by atoms with van der Waals surface area (Å²) in [5, 5.41) is 2.92. The molecule has 0 radical (unpaired) electrons. The topological polar surface area (TPSA) is 89.0 Å². The molecule has 0 bridgehead atoms. The van der Waals surface area contributed by atoms with Crippen LogP contribution in [0.15, 0.2) is 41.3 Å². The van der Waals surface area contributed by atoms with Crippen molar-refractivity contribution in [3.8, 4) is 0 Å². The number of hydrogen-bond donors (Lipinski definition) is 1. The molecule has 0 saturated heterocycles. The highest BCUT2D eigenvalue weighted by Crippen LogP contribution is 2.26. The molecule has 1 amide bonds. The largest absolute Gasteiger partial charge is 0.321 e. The number of aromatic nitrogens is 2. The Balaban J connectivity index is 1.96. The Kier molecular flexibility index (Phi) is 5.67. The van der Waals surface area contributed by atoms with Crippen molar-refractivity contribution in [3.63, 3.8) is 0 Å². The zero-order chi connectivity index (χ0) is 20.5. The van der Waals surface area contributed by atoms with Gasteiger partial charge in [0, 0.05) is 11.8 Å². The Labute approximate surface area is 168 Å². The number of fused-ring (bicyclic) bond motifs is 1. The fourth-order valence-electron chi connectivity index (χ4n) is 2.86. The number of carbonyl (C=O) groups excluding carboxylic acids is 1. The summed E-state index contributed by atoms with van der Waals surface area (Å²) in [6, 6.07) is 9.27. The molecule has 0 saturated carbocycles. The molecule has 3 rings (SSSR count). The van der Waals surface area contributed by atoms with Gasteiger partial charge in [0.25, 0.3) is 5.91 Å². The molecule has 0 fully saturated rings. The number of sulfone groups is 1. The first kappa shape index (κ1) is 20.2. The minimum Gasteiger partial charge on any atom is -0.321 e. The molecule has 6 nitrogen and oxygen atoms in total. The number of halogens is 1. The van der Waals surface area contributed by atoms with E-state index in [1.807, 2.05) is 13.8 Å². The highest BCUT2D eigenvalue weighted by atomic mass is 35.5. The normalized spacial score (nSPS) is 11.6. The Hall–Kier alpha value is -2.51. The van der Waals surface area contributed by atoms with Gasteiger partial charge in [-0.05, 0) is 49.2 Å². The van der Waals surface area contributed by atoms with E-state index in [-0.39, 0.29) is 15.6 Å². The summed E-state index contributed by atoms with van der Waals surface area (Å²) < 4.78 is 23.5. The van der Waals surface area contributed by atoms with Crippen molar-refractivity contribution < 1.29 is 13.2 Å². The van der Waals surface area contributed by atoms with Crippen LogP contribution in [0.2, 0.25) is 5.02 Å². The van der Waals surface area contributed by atoms with Crippen molar-refractivity contribution in [2.45, 2.75) is 31.6 Å². The lowest BCUT2D eigenvalue weighted by Crippen LogP contribution is -2.13. The van der Waals surface area contributed by atoms with Crippen LogP contribution in [0.25, 0.3) is 11.0 Å². The van der Waals surface area contributed by atoms with Crippen LogP contribution >= 0.6 is 11.6 Å². The highest BCUT2D eigenvalue weighted by Gasteiger charge is 2.14. The van der Waals surface area contributed by atoms with Crippen LogP contribution < -0.4 is 5.32 Å². The average molecular weight is 418 g/mol. The smallest absolute Gasteiger partial charge is 0.255 e. The maximum absolute atomic E-state index is 12.7. The number of amides is 1. The molecule has 3 aromatic rings. The number of anilines is 1. The number of hydrogen-bond acceptors (Lipinski definition) is 5. The molecule has 2 aromatic carbocycles. The standard InChI is InChI=1S/C20H20ClN3O3S/c1-4-15-16(5-2)23-19-10-12(6-9-17(19)22-15)20(25)24-18-11-13(28(3,26)27)7-8-14(18)21/h6-11H,4-5H2,1-3H3,(H,24,25). The molecule has 8 heteroatoms. The van der Waals surface area contributed by atoms with Crippen LogP contribution in [0.1, 0.15) is 35.6 Å². The Morgan fingerprint density at radius 2 is 1.64 bits per heavy atom. The lowest BCUT2D eigenvalue weighted by Gasteiger charge is -2.10. The third-order valence-electron chi connectivity index (χ3n) is 4.37. The van der Waals surface area contributed by atoms with Gasteiger partial charge in [-0.1, -0.05) is 25.4 Å². The van der Waals surface area contributed by atoms with Crippen molar-refractivity contribution in [2.24, 2.45) is 0 Å². The predicted octanol–water partition coefficient (Wildman–Crippen LogP) is 4.06. The molecule has 0 aliphatic carbocycles. The minimum absolute atomic E-state index is 0.0799. The molecule has 0 aliphatic heterocycles. The third kappa shape index (κ3) is 4.15. The number of carbonyl (C=O) groups is 1. The van der Waals surface area contributed by atoms with E-state index in [1.165, 1.54) is 18.2 Å². The lowest BCUT2D eigenvalue weighted by molar-refractivity contribution is 0.102. The van der Waals surface area contributed by atoms with Crippen molar-refractivity contribution in [3.05, 3.63) is 58.4 Å². The number of rotatable bonds is 5. The van der Waals surface area contributed by atoms with Crippen molar-refractivity contribution in [1.82, 2.24) is 9.97 Å². The first-order chi connectivity index (χ1) is 13.2. The quantitative estimate of drug-likeness (QED) is 0.676. The summed E-state index contributed by atoms with van der Waals surface area (Å²) in [4.78, 5) is 22.0. The van der Waals surface area contributed by atoms with Crippen LogP contribution in [-0.2, 0) is 22.7 Å². The Morgan fingerprint density at radius 1 is 1.00 bits per heavy atom. The van der Waals surface area contributed by atoms with E-state index in [4.69, 9.17) is 11.6 Å². The molecule has 0 atom stereocenters. The summed E-state index contributed by atoms with van der Waals surface area (Å²) in [7, 11) is -3.41. The lowest BCUT2D eigenvalue weighted by atomic mass is 10.1. The number of nitrogens with one attached hydrogen (secondary N) is 1. The summed E-state index contributed by atoms with van der Waals surface area (Å²) in [5.41, 5.74) is 3.85. The molecule has 0 unspecified atom stereocenters. The molecule has 0 aliphatic rings. The van der Waals surface area contributed by atoms with Gasteiger partial charge in [-0.25, -0.2) is 18.4 Å². The first-order valence-electron chi connectivity index (χ1n) is 8.83. The molecule has 1 N–H and O–H groups in total. The second-order valence-electron chi connectivity index (χ2n) is 6.40. The van der Waals surface area contributed by atoms with Gasteiger partial charge in [-0.3, -0.25) is 4.79 Å². The molecule has 0 spiro atoms. The van der Waals surface area contributed by atoms with E-state index in [0.29, 0.717) is 11.1 Å². The van der Waals surface area contributed by atoms with Crippen molar-refractivity contribution in [2.75, 3.05) is 11.6 Å². The maximum atomic E-state index is 12.7. The fourth-order valence-corrected chi connectivity index (χ4v) is 3.67. The van der Waals surface area contributed by atoms with E-state index >= 15 is 0 Å². The number of aryl methyl sites for hydroxylation is 2. The average Bonchev–Trinajstić information content (AvgIpc) is 2.67. The van der Waals surface area contributed by atoms with Gasteiger partial charge in [-0.15, -0.1) is 0 Å². The molecule has 1 aromatic heterocycles. The monoisotopic (exact) mass is 417 g/mol. The second kappa shape index (κ2) is 7.85. The predicted molar refractivity (Wildman–Crippen MR) is 111 cm³/mol. The van der Waals surface area contributed by atoms with E-state index in [1.54, 1.807) is 18.2 Å². The Bertz CT molecular complexity index is 1180. The van der Waals surface area contributed by atoms with Gasteiger partial charge in [0.05, 0.1) is 38.0 Å². The van der Waals surface area contributed by atoms with Crippen LogP contribution in [0, 0.1) is 0 Å². The van der Waals surface area contributed by atoms with E-state index in [9.17, 15) is 13.2 Å². The van der Waals surface area contributed by atoms with Crippen LogP contribution in [-0.4, -0.2) is 30.5 Å². The van der Waals surface area contributed by atoms with Gasteiger partial charge < -0.3 is 5.32 Å². The maximum Gasteiger partial charge on any atom is 0.255 e. The summed E-state index contributed by atoms with van der Waals surface area (Å²) in [6.45, 7) is 4.05. The zero-order valence-electron chi connectivity index (χ0n) is 15.8. The number of benzene rings is 2. The Morgan fingerprint density at radius 3 is 2.25 bits per heavy atom. The highest BCUT2D eigenvalue weighted by molar-refractivity contribution is 7.90. The summed E-state index contributed by atoms with van der Waals surface area (Å²) in [6.07, 6.45) is 2.65. The molecule has 28 heavy (non-hydrogen) atoms. The second-order valence-corrected chi connectivity index (χ2v) is 8.82.